The highest BCUT2D eigenvalue weighted by Crippen LogP contribution is 2.09. The van der Waals surface area contributed by atoms with Crippen LogP contribution >= 0.6 is 0 Å². The summed E-state index contributed by atoms with van der Waals surface area (Å²) in [5.74, 6) is 0. The first-order valence-electron chi connectivity index (χ1n) is 4.03. The van der Waals surface area contributed by atoms with Crippen LogP contribution in [0.25, 0.3) is 10.8 Å². The zero-order valence-electron chi connectivity index (χ0n) is 7.41. The van der Waals surface area contributed by atoms with E-state index in [1.165, 1.54) is 10.8 Å². The Morgan fingerprint density at radius 2 is 1.50 bits per heavy atom. The van der Waals surface area contributed by atoms with Gasteiger partial charge in [0.2, 0.25) is 0 Å². The molecule has 14 heavy (non-hydrogen) atoms. The van der Waals surface area contributed by atoms with Crippen LogP contribution in [0.2, 0.25) is 0 Å². The standard InChI is InChI=1S/C9H7N.BH3O3/c1-2-4-9-7-10-6-5-8(9)3-1;2-1(3)4/h1-7H;2-4H. The lowest BCUT2D eigenvalue weighted by atomic mass is 10.2. The van der Waals surface area contributed by atoms with Crippen LogP contribution in [0.4, 0.5) is 0 Å². The van der Waals surface area contributed by atoms with E-state index in [1.807, 2.05) is 30.6 Å². The molecule has 0 radical (unpaired) electrons. The van der Waals surface area contributed by atoms with Gasteiger partial charge in [-0.3, -0.25) is 4.98 Å². The highest BCUT2D eigenvalue weighted by atomic mass is 16.5. The van der Waals surface area contributed by atoms with E-state index in [4.69, 9.17) is 15.1 Å². The topological polar surface area (TPSA) is 73.6 Å². The molecule has 5 heteroatoms. The van der Waals surface area contributed by atoms with Crippen LogP contribution in [0.3, 0.4) is 0 Å². The minimum Gasteiger partial charge on any atom is -0.402 e. The van der Waals surface area contributed by atoms with Gasteiger partial charge in [0.25, 0.3) is 0 Å². The fourth-order valence-electron chi connectivity index (χ4n) is 1.03. The molecule has 4 nitrogen and oxygen atoms in total. The summed E-state index contributed by atoms with van der Waals surface area (Å²) >= 11 is 0. The molecule has 0 atom stereocenters. The number of nitrogens with zero attached hydrogens (tertiary/aromatic N) is 1. The Kier molecular flexibility index (Phi) is 4.06. The monoisotopic (exact) mass is 191 g/mol. The van der Waals surface area contributed by atoms with Gasteiger partial charge in [0.1, 0.15) is 0 Å². The van der Waals surface area contributed by atoms with Crippen molar-refractivity contribution in [3.05, 3.63) is 42.7 Å². The third-order valence-corrected chi connectivity index (χ3v) is 1.55. The number of fused-ring (bicyclic) bond motifs is 1. The third kappa shape index (κ3) is 3.53. The molecule has 0 saturated heterocycles. The minimum absolute atomic E-state index is 1.20. The van der Waals surface area contributed by atoms with Gasteiger partial charge in [0.05, 0.1) is 0 Å². The molecule has 0 unspecified atom stereocenters. The molecule has 2 rings (SSSR count). The lowest BCUT2D eigenvalue weighted by Crippen LogP contribution is -2.07. The predicted molar refractivity (Wildman–Crippen MR) is 54.2 cm³/mol. The molecule has 0 aliphatic rings. The Morgan fingerprint density at radius 3 is 2.07 bits per heavy atom. The molecule has 0 saturated carbocycles. The van der Waals surface area contributed by atoms with Crippen molar-refractivity contribution in [1.82, 2.24) is 4.98 Å². The number of pyridine rings is 1. The molecule has 1 aromatic carbocycles. The molecule has 0 bridgehead atoms. The van der Waals surface area contributed by atoms with Crippen LogP contribution in [0.15, 0.2) is 42.7 Å². The molecular formula is C9H10BNO3. The summed E-state index contributed by atoms with van der Waals surface area (Å²) in [5.41, 5.74) is 0. The number of hydrogen-bond donors (Lipinski definition) is 3. The summed E-state index contributed by atoms with van der Waals surface area (Å²) < 4.78 is 0. The molecule has 0 fully saturated rings. The maximum atomic E-state index is 7.17. The molecule has 1 aromatic heterocycles. The first-order chi connectivity index (χ1) is 6.70. The summed E-state index contributed by atoms with van der Waals surface area (Å²) in [4.78, 5) is 4.01. The third-order valence-electron chi connectivity index (χ3n) is 1.55. The zero-order valence-corrected chi connectivity index (χ0v) is 7.41. The summed E-state index contributed by atoms with van der Waals surface area (Å²) in [5, 5.41) is 23.9. The van der Waals surface area contributed by atoms with Gasteiger partial charge in [-0.2, -0.15) is 0 Å². The summed E-state index contributed by atoms with van der Waals surface area (Å²) in [6, 6.07) is 10.2. The number of aromatic nitrogens is 1. The fraction of sp³-hybridized carbons (Fsp3) is 0. The smallest absolute Gasteiger partial charge is 0.402 e. The van der Waals surface area contributed by atoms with Crippen LogP contribution in [-0.2, 0) is 0 Å². The lowest BCUT2D eigenvalue weighted by molar-refractivity contribution is 0.278. The van der Waals surface area contributed by atoms with Crippen molar-refractivity contribution >= 4 is 18.1 Å². The van der Waals surface area contributed by atoms with Crippen LogP contribution in [0.5, 0.6) is 0 Å². The van der Waals surface area contributed by atoms with E-state index in [-0.39, 0.29) is 0 Å². The quantitative estimate of drug-likeness (QED) is 0.519. The van der Waals surface area contributed by atoms with Gasteiger partial charge in [-0.1, -0.05) is 24.3 Å². The Hall–Kier alpha value is -1.43. The summed E-state index contributed by atoms with van der Waals surface area (Å²) in [6.07, 6.45) is 3.68. The number of rotatable bonds is 0. The van der Waals surface area contributed by atoms with Gasteiger partial charge in [-0.25, -0.2) is 0 Å². The Labute approximate surface area is 81.6 Å². The van der Waals surface area contributed by atoms with Crippen molar-refractivity contribution in [3.63, 3.8) is 0 Å². The second kappa shape index (κ2) is 5.34. The van der Waals surface area contributed by atoms with Gasteiger partial charge in [-0.15, -0.1) is 0 Å². The van der Waals surface area contributed by atoms with E-state index in [9.17, 15) is 0 Å². The second-order valence-electron chi connectivity index (χ2n) is 2.57. The first-order valence-corrected chi connectivity index (χ1v) is 4.03. The predicted octanol–water partition coefficient (Wildman–Crippen LogP) is 0.183. The summed E-state index contributed by atoms with van der Waals surface area (Å²) in [7, 11) is -2.17. The highest BCUT2D eigenvalue weighted by molar-refractivity contribution is 6.30. The van der Waals surface area contributed by atoms with Crippen molar-refractivity contribution in [2.45, 2.75) is 0 Å². The minimum atomic E-state index is -2.17. The average molecular weight is 191 g/mol. The van der Waals surface area contributed by atoms with Crippen molar-refractivity contribution in [2.24, 2.45) is 0 Å². The van der Waals surface area contributed by atoms with Crippen molar-refractivity contribution in [3.8, 4) is 0 Å². The highest BCUT2D eigenvalue weighted by Gasteiger charge is 1.92. The normalized spacial score (nSPS) is 9.07. The van der Waals surface area contributed by atoms with Crippen LogP contribution < -0.4 is 0 Å². The van der Waals surface area contributed by atoms with Crippen LogP contribution in [-0.4, -0.2) is 27.4 Å². The van der Waals surface area contributed by atoms with E-state index in [2.05, 4.69) is 17.1 Å². The van der Waals surface area contributed by atoms with Gasteiger partial charge in [0.15, 0.2) is 0 Å². The number of hydrogen-bond acceptors (Lipinski definition) is 4. The fourth-order valence-corrected chi connectivity index (χ4v) is 1.03. The maximum Gasteiger partial charge on any atom is 0.631 e. The van der Waals surface area contributed by atoms with E-state index >= 15 is 0 Å². The average Bonchev–Trinajstić information content (AvgIpc) is 2.17. The SMILES string of the molecule is OB(O)O.c1ccc2cnccc2c1. The van der Waals surface area contributed by atoms with E-state index in [0.717, 1.165) is 0 Å². The first kappa shape index (κ1) is 10.7. The molecule has 0 spiro atoms. The largest absolute Gasteiger partial charge is 0.631 e. The van der Waals surface area contributed by atoms with E-state index in [0.29, 0.717) is 0 Å². The lowest BCUT2D eigenvalue weighted by Gasteiger charge is -1.91. The van der Waals surface area contributed by atoms with Gasteiger partial charge in [0, 0.05) is 12.4 Å². The van der Waals surface area contributed by atoms with E-state index < -0.39 is 7.32 Å². The molecule has 0 aliphatic heterocycles. The van der Waals surface area contributed by atoms with Crippen molar-refractivity contribution < 1.29 is 15.1 Å². The molecule has 72 valence electrons. The molecule has 2 aromatic rings. The molecule has 3 N–H and O–H groups in total. The van der Waals surface area contributed by atoms with Gasteiger partial charge in [-0.05, 0) is 16.8 Å². The van der Waals surface area contributed by atoms with Crippen molar-refractivity contribution in [2.75, 3.05) is 0 Å². The molecular weight excluding hydrogens is 181 g/mol. The van der Waals surface area contributed by atoms with Gasteiger partial charge >= 0.3 is 7.32 Å². The van der Waals surface area contributed by atoms with Gasteiger partial charge < -0.3 is 15.1 Å². The van der Waals surface area contributed by atoms with Crippen LogP contribution in [0.1, 0.15) is 0 Å². The second-order valence-corrected chi connectivity index (χ2v) is 2.57. The zero-order chi connectivity index (χ0) is 10.4. The Morgan fingerprint density at radius 1 is 0.929 bits per heavy atom. The maximum absolute atomic E-state index is 7.17. The molecule has 0 aliphatic carbocycles. The Balaban J connectivity index is 0.000000213. The van der Waals surface area contributed by atoms with E-state index in [1.54, 1.807) is 0 Å². The number of benzene rings is 1. The Bertz CT molecular complexity index is 326. The van der Waals surface area contributed by atoms with Crippen LogP contribution in [0, 0.1) is 0 Å². The summed E-state index contributed by atoms with van der Waals surface area (Å²) in [6.45, 7) is 0. The molecule has 0 amide bonds. The van der Waals surface area contributed by atoms with Crippen molar-refractivity contribution in [1.29, 1.82) is 0 Å². The molecule has 1 heterocycles.